The quantitative estimate of drug-likeness (QED) is 0.371. The van der Waals surface area contributed by atoms with Crippen LogP contribution in [0.5, 0.6) is 0 Å². The molecule has 0 fully saturated rings. The monoisotopic (exact) mass is 218 g/mol. The number of carbonyl (C=O) groups is 1. The highest BCUT2D eigenvalue weighted by molar-refractivity contribution is 7.99. The second-order valence-corrected chi connectivity index (χ2v) is 3.95. The third-order valence-electron chi connectivity index (χ3n) is 1.65. The van der Waals surface area contributed by atoms with Crippen LogP contribution in [0.2, 0.25) is 0 Å². The van der Waals surface area contributed by atoms with Crippen molar-refractivity contribution in [3.05, 3.63) is 11.6 Å². The van der Waals surface area contributed by atoms with Crippen LogP contribution in [-0.4, -0.2) is 38.3 Å². The van der Waals surface area contributed by atoms with Gasteiger partial charge in [0.25, 0.3) is 0 Å². The molecule has 0 saturated carbocycles. The summed E-state index contributed by atoms with van der Waals surface area (Å²) in [6.45, 7) is 2.56. The van der Waals surface area contributed by atoms with Crippen molar-refractivity contribution < 1.29 is 14.3 Å². The Morgan fingerprint density at radius 3 is 2.71 bits per heavy atom. The van der Waals surface area contributed by atoms with Gasteiger partial charge in [-0.05, 0) is 19.1 Å². The van der Waals surface area contributed by atoms with Crippen molar-refractivity contribution in [1.82, 2.24) is 0 Å². The molecular formula is C10H18O3S. The Hall–Kier alpha value is -0.480. The van der Waals surface area contributed by atoms with E-state index in [2.05, 4.69) is 4.74 Å². The molecule has 0 N–H and O–H groups in total. The molecule has 0 aliphatic rings. The zero-order chi connectivity index (χ0) is 10.8. The molecule has 82 valence electrons. The van der Waals surface area contributed by atoms with E-state index in [1.54, 1.807) is 25.8 Å². The summed E-state index contributed by atoms with van der Waals surface area (Å²) in [5.41, 5.74) is 0.673. The molecule has 0 heterocycles. The van der Waals surface area contributed by atoms with E-state index in [1.165, 1.54) is 7.11 Å². The fourth-order valence-electron chi connectivity index (χ4n) is 0.817. The Labute approximate surface area is 89.8 Å². The third-order valence-corrected chi connectivity index (χ3v) is 2.63. The summed E-state index contributed by atoms with van der Waals surface area (Å²) in [5.74, 6) is 1.66. The highest BCUT2D eigenvalue weighted by atomic mass is 32.2. The third kappa shape index (κ3) is 6.97. The maximum absolute atomic E-state index is 11.0. The lowest BCUT2D eigenvalue weighted by atomic mass is 10.3. The number of ether oxygens (including phenoxy) is 2. The Bertz CT molecular complexity index is 190. The largest absolute Gasteiger partial charge is 0.466 e. The van der Waals surface area contributed by atoms with Crippen molar-refractivity contribution in [2.24, 2.45) is 0 Å². The van der Waals surface area contributed by atoms with Crippen LogP contribution in [0.15, 0.2) is 11.6 Å². The van der Waals surface area contributed by atoms with Crippen molar-refractivity contribution in [3.63, 3.8) is 0 Å². The lowest BCUT2D eigenvalue weighted by Gasteiger charge is -1.99. The summed E-state index contributed by atoms with van der Waals surface area (Å²) in [6, 6.07) is 0. The van der Waals surface area contributed by atoms with Crippen molar-refractivity contribution >= 4 is 17.7 Å². The summed E-state index contributed by atoms with van der Waals surface area (Å²) in [6.07, 6.45) is 2.94. The van der Waals surface area contributed by atoms with Crippen LogP contribution >= 0.6 is 11.8 Å². The van der Waals surface area contributed by atoms with Gasteiger partial charge >= 0.3 is 5.97 Å². The minimum atomic E-state index is -0.248. The fourth-order valence-corrected chi connectivity index (χ4v) is 1.67. The summed E-state index contributed by atoms with van der Waals surface area (Å²) >= 11 is 1.79. The van der Waals surface area contributed by atoms with Gasteiger partial charge in [-0.2, -0.15) is 11.8 Å². The first-order valence-corrected chi connectivity index (χ1v) is 5.69. The molecule has 0 aromatic heterocycles. The second kappa shape index (κ2) is 9.09. The zero-order valence-corrected chi connectivity index (χ0v) is 9.86. The van der Waals surface area contributed by atoms with Gasteiger partial charge in [-0.15, -0.1) is 0 Å². The van der Waals surface area contributed by atoms with E-state index in [1.807, 2.05) is 6.08 Å². The average Bonchev–Trinajstić information content (AvgIpc) is 2.21. The molecule has 0 spiro atoms. The molecule has 14 heavy (non-hydrogen) atoms. The summed E-state index contributed by atoms with van der Waals surface area (Å²) < 4.78 is 9.49. The molecule has 3 nitrogen and oxygen atoms in total. The number of rotatable bonds is 7. The standard InChI is InChI=1S/C10H18O3S/c1-9(10(11)13-3)5-8-14-7-4-6-12-2/h5H,4,6-8H2,1-3H3. The lowest BCUT2D eigenvalue weighted by molar-refractivity contribution is -0.136. The second-order valence-electron chi connectivity index (χ2n) is 2.80. The van der Waals surface area contributed by atoms with Gasteiger partial charge in [-0.1, -0.05) is 6.08 Å². The Kier molecular flexibility index (Phi) is 8.78. The molecule has 0 radical (unpaired) electrons. The van der Waals surface area contributed by atoms with Crippen LogP contribution in [0.3, 0.4) is 0 Å². The van der Waals surface area contributed by atoms with Crippen molar-refractivity contribution in [2.75, 3.05) is 32.3 Å². The molecule has 0 bridgehead atoms. The van der Waals surface area contributed by atoms with Crippen LogP contribution in [-0.2, 0) is 14.3 Å². The normalized spacial score (nSPS) is 11.5. The topological polar surface area (TPSA) is 35.5 Å². The van der Waals surface area contributed by atoms with Crippen molar-refractivity contribution in [3.8, 4) is 0 Å². The predicted octanol–water partition coefficient (Wildman–Crippen LogP) is 1.88. The van der Waals surface area contributed by atoms with E-state index >= 15 is 0 Å². The van der Waals surface area contributed by atoms with Gasteiger partial charge in [-0.25, -0.2) is 4.79 Å². The number of methoxy groups -OCH3 is 2. The first kappa shape index (κ1) is 13.5. The molecule has 0 aromatic rings. The predicted molar refractivity (Wildman–Crippen MR) is 59.6 cm³/mol. The molecule has 0 saturated heterocycles. The van der Waals surface area contributed by atoms with E-state index in [0.717, 1.165) is 24.5 Å². The van der Waals surface area contributed by atoms with Crippen LogP contribution in [0.25, 0.3) is 0 Å². The Balaban J connectivity index is 3.46. The van der Waals surface area contributed by atoms with Gasteiger partial charge in [0.05, 0.1) is 7.11 Å². The summed E-state index contributed by atoms with van der Waals surface area (Å²) in [7, 11) is 3.09. The summed E-state index contributed by atoms with van der Waals surface area (Å²) in [4.78, 5) is 11.0. The van der Waals surface area contributed by atoms with Crippen LogP contribution in [0, 0.1) is 0 Å². The fraction of sp³-hybridized carbons (Fsp3) is 0.700. The van der Waals surface area contributed by atoms with Gasteiger partial charge in [0, 0.05) is 25.0 Å². The molecule has 0 atom stereocenters. The molecule has 0 unspecified atom stereocenters. The van der Waals surface area contributed by atoms with Gasteiger partial charge in [-0.3, -0.25) is 0 Å². The first-order chi connectivity index (χ1) is 6.72. The van der Waals surface area contributed by atoms with E-state index < -0.39 is 0 Å². The number of thioether (sulfide) groups is 1. The van der Waals surface area contributed by atoms with E-state index in [-0.39, 0.29) is 5.97 Å². The maximum Gasteiger partial charge on any atom is 0.333 e. The minimum Gasteiger partial charge on any atom is -0.466 e. The molecule has 0 aromatic carbocycles. The maximum atomic E-state index is 11.0. The smallest absolute Gasteiger partial charge is 0.333 e. The average molecular weight is 218 g/mol. The highest BCUT2D eigenvalue weighted by Gasteiger charge is 2.00. The van der Waals surface area contributed by atoms with Crippen LogP contribution in [0.1, 0.15) is 13.3 Å². The molecule has 0 aliphatic carbocycles. The highest BCUT2D eigenvalue weighted by Crippen LogP contribution is 2.05. The molecule has 4 heteroatoms. The lowest BCUT2D eigenvalue weighted by Crippen LogP contribution is -2.01. The molecule has 0 rings (SSSR count). The number of esters is 1. The van der Waals surface area contributed by atoms with E-state index in [0.29, 0.717) is 5.57 Å². The van der Waals surface area contributed by atoms with Gasteiger partial charge < -0.3 is 9.47 Å². The zero-order valence-electron chi connectivity index (χ0n) is 9.04. The first-order valence-electron chi connectivity index (χ1n) is 4.54. The van der Waals surface area contributed by atoms with E-state index in [4.69, 9.17) is 4.74 Å². The van der Waals surface area contributed by atoms with Gasteiger partial charge in [0.2, 0.25) is 0 Å². The number of hydrogen-bond donors (Lipinski definition) is 0. The van der Waals surface area contributed by atoms with Crippen LogP contribution < -0.4 is 0 Å². The van der Waals surface area contributed by atoms with Crippen molar-refractivity contribution in [1.29, 1.82) is 0 Å². The number of hydrogen-bond acceptors (Lipinski definition) is 4. The molecule has 0 aliphatic heterocycles. The van der Waals surface area contributed by atoms with Gasteiger partial charge in [0.1, 0.15) is 0 Å². The van der Waals surface area contributed by atoms with Crippen LogP contribution in [0.4, 0.5) is 0 Å². The molecular weight excluding hydrogens is 200 g/mol. The summed E-state index contributed by atoms with van der Waals surface area (Å²) in [5, 5.41) is 0. The SMILES string of the molecule is COCCCSCC=C(C)C(=O)OC. The minimum absolute atomic E-state index is 0.248. The van der Waals surface area contributed by atoms with E-state index in [9.17, 15) is 4.79 Å². The van der Waals surface area contributed by atoms with Gasteiger partial charge in [0.15, 0.2) is 0 Å². The molecule has 0 amide bonds. The Morgan fingerprint density at radius 1 is 1.43 bits per heavy atom. The Morgan fingerprint density at radius 2 is 2.14 bits per heavy atom. The van der Waals surface area contributed by atoms with Crippen molar-refractivity contribution in [2.45, 2.75) is 13.3 Å². The number of carbonyl (C=O) groups excluding carboxylic acids is 1.